The number of hydrogen-bond donors (Lipinski definition) is 0. The summed E-state index contributed by atoms with van der Waals surface area (Å²) < 4.78 is 27.3. The van der Waals surface area contributed by atoms with E-state index in [9.17, 15) is 18.0 Å². The number of esters is 1. The highest BCUT2D eigenvalue weighted by Crippen LogP contribution is 2.06. The lowest BCUT2D eigenvalue weighted by Gasteiger charge is -2.03. The fourth-order valence-electron chi connectivity index (χ4n) is 1.53. The van der Waals surface area contributed by atoms with E-state index < -0.39 is 21.6 Å². The van der Waals surface area contributed by atoms with E-state index in [-0.39, 0.29) is 24.4 Å². The highest BCUT2D eigenvalue weighted by Gasteiger charge is 2.17. The maximum Gasteiger partial charge on any atom is 0.320 e. The van der Waals surface area contributed by atoms with Crippen LogP contribution in [0.2, 0.25) is 0 Å². The van der Waals surface area contributed by atoms with Crippen LogP contribution < -0.4 is 0 Å². The quantitative estimate of drug-likeness (QED) is 0.556. The smallest absolute Gasteiger partial charge is 0.320 e. The number of carbonyl (C=O) groups excluding carboxylic acids is 2. The molecule has 0 aliphatic heterocycles. The third-order valence-corrected chi connectivity index (χ3v) is 4.11. The molecule has 6 heteroatoms. The molecule has 0 fully saturated rings. The summed E-state index contributed by atoms with van der Waals surface area (Å²) in [7, 11) is -2.36. The Labute approximate surface area is 112 Å². The summed E-state index contributed by atoms with van der Waals surface area (Å²) in [6.45, 7) is 0. The monoisotopic (exact) mass is 284 g/mol. The maximum atomic E-state index is 11.7. The van der Waals surface area contributed by atoms with Crippen molar-refractivity contribution in [3.05, 3.63) is 35.9 Å². The van der Waals surface area contributed by atoms with Gasteiger partial charge in [-0.3, -0.25) is 9.59 Å². The first-order valence-corrected chi connectivity index (χ1v) is 7.62. The van der Waals surface area contributed by atoms with Crippen molar-refractivity contribution in [1.82, 2.24) is 0 Å². The van der Waals surface area contributed by atoms with Crippen molar-refractivity contribution in [1.29, 1.82) is 0 Å². The van der Waals surface area contributed by atoms with E-state index in [2.05, 4.69) is 4.74 Å². The molecule has 19 heavy (non-hydrogen) atoms. The number of hydrogen-bond acceptors (Lipinski definition) is 5. The Morgan fingerprint density at radius 2 is 1.79 bits per heavy atom. The first kappa shape index (κ1) is 15.4. The van der Waals surface area contributed by atoms with Gasteiger partial charge < -0.3 is 4.74 Å². The van der Waals surface area contributed by atoms with E-state index in [0.717, 1.165) is 7.11 Å². The van der Waals surface area contributed by atoms with Crippen molar-refractivity contribution in [3.63, 3.8) is 0 Å². The number of methoxy groups -OCH3 is 1. The molecule has 0 bridgehead atoms. The number of ether oxygens (including phenoxy) is 1. The van der Waals surface area contributed by atoms with Gasteiger partial charge in [-0.05, 0) is 6.42 Å². The van der Waals surface area contributed by atoms with Gasteiger partial charge in [-0.2, -0.15) is 0 Å². The second-order valence-electron chi connectivity index (χ2n) is 4.06. The highest BCUT2D eigenvalue weighted by atomic mass is 32.2. The molecule has 0 aliphatic rings. The van der Waals surface area contributed by atoms with Crippen LogP contribution in [0.15, 0.2) is 30.3 Å². The number of benzene rings is 1. The summed E-state index contributed by atoms with van der Waals surface area (Å²) in [6.07, 6.45) is 0.345. The Balaban J connectivity index is 2.42. The Morgan fingerprint density at radius 3 is 2.37 bits per heavy atom. The molecule has 0 saturated carbocycles. The number of rotatable bonds is 7. The van der Waals surface area contributed by atoms with Gasteiger partial charge in [0, 0.05) is 12.0 Å². The zero-order valence-corrected chi connectivity index (χ0v) is 11.5. The summed E-state index contributed by atoms with van der Waals surface area (Å²) in [5.41, 5.74) is 0.563. The van der Waals surface area contributed by atoms with Gasteiger partial charge in [-0.1, -0.05) is 30.3 Å². The first-order valence-electron chi connectivity index (χ1n) is 5.80. The van der Waals surface area contributed by atoms with E-state index in [1.54, 1.807) is 30.3 Å². The van der Waals surface area contributed by atoms with Gasteiger partial charge in [0.2, 0.25) is 0 Å². The fraction of sp³-hybridized carbons (Fsp3) is 0.385. The molecule has 1 aromatic rings. The molecule has 1 aromatic carbocycles. The van der Waals surface area contributed by atoms with Crippen LogP contribution in [0.25, 0.3) is 0 Å². The van der Waals surface area contributed by atoms with Crippen LogP contribution in [-0.2, 0) is 19.4 Å². The molecule has 0 amide bonds. The maximum absolute atomic E-state index is 11.7. The Bertz CT molecular complexity index is 533. The number of carbonyl (C=O) groups is 2. The van der Waals surface area contributed by atoms with Gasteiger partial charge in [0.15, 0.2) is 15.6 Å². The van der Waals surface area contributed by atoms with E-state index in [4.69, 9.17) is 0 Å². The summed E-state index contributed by atoms with van der Waals surface area (Å²) in [5.74, 6) is -1.72. The zero-order valence-electron chi connectivity index (χ0n) is 10.7. The molecule has 5 nitrogen and oxygen atoms in total. The Kier molecular flexibility index (Phi) is 5.69. The molecule has 0 spiro atoms. The zero-order chi connectivity index (χ0) is 14.3. The summed E-state index contributed by atoms with van der Waals surface area (Å²) in [5, 5.41) is 0. The van der Waals surface area contributed by atoms with Crippen molar-refractivity contribution >= 4 is 21.6 Å². The molecule has 1 rings (SSSR count). The molecular weight excluding hydrogens is 268 g/mol. The predicted molar refractivity (Wildman–Crippen MR) is 70.7 cm³/mol. The molecular formula is C13H16O5S. The van der Waals surface area contributed by atoms with Crippen LogP contribution in [0.1, 0.15) is 23.2 Å². The van der Waals surface area contributed by atoms with E-state index in [1.807, 2.05) is 0 Å². The number of Topliss-reactive ketones (excluding diaryl/α,β-unsaturated/α-hetero) is 1. The van der Waals surface area contributed by atoms with Crippen LogP contribution >= 0.6 is 0 Å². The van der Waals surface area contributed by atoms with Crippen molar-refractivity contribution in [3.8, 4) is 0 Å². The van der Waals surface area contributed by atoms with Gasteiger partial charge >= 0.3 is 5.97 Å². The molecule has 0 unspecified atom stereocenters. The fourth-order valence-corrected chi connectivity index (χ4v) is 2.74. The lowest BCUT2D eigenvalue weighted by Crippen LogP contribution is -2.20. The van der Waals surface area contributed by atoms with Crippen LogP contribution in [0.3, 0.4) is 0 Å². The van der Waals surface area contributed by atoms with Gasteiger partial charge in [-0.25, -0.2) is 8.42 Å². The van der Waals surface area contributed by atoms with Crippen molar-refractivity contribution < 1.29 is 22.7 Å². The molecule has 104 valence electrons. The molecule has 0 N–H and O–H groups in total. The van der Waals surface area contributed by atoms with Crippen molar-refractivity contribution in [2.45, 2.75) is 12.8 Å². The summed E-state index contributed by atoms with van der Waals surface area (Å²) in [6, 6.07) is 8.68. The second-order valence-corrected chi connectivity index (χ2v) is 6.24. The van der Waals surface area contributed by atoms with Crippen LogP contribution in [0, 0.1) is 0 Å². The second kappa shape index (κ2) is 7.04. The molecule has 0 aliphatic carbocycles. The average Bonchev–Trinajstić information content (AvgIpc) is 2.38. The standard InChI is InChI=1S/C13H16O5S/c1-18-13(15)10-19(16,17)9-5-8-12(14)11-6-3-2-4-7-11/h2-4,6-7H,5,8-10H2,1H3. The lowest BCUT2D eigenvalue weighted by molar-refractivity contribution is -0.137. The minimum atomic E-state index is -3.50. The van der Waals surface area contributed by atoms with Gasteiger partial charge in [0.25, 0.3) is 0 Å². The molecule has 0 saturated heterocycles. The largest absolute Gasteiger partial charge is 0.468 e. The van der Waals surface area contributed by atoms with Gasteiger partial charge in [0.1, 0.15) is 5.75 Å². The van der Waals surface area contributed by atoms with Crippen molar-refractivity contribution in [2.24, 2.45) is 0 Å². The Morgan fingerprint density at radius 1 is 1.16 bits per heavy atom. The van der Waals surface area contributed by atoms with E-state index in [0.29, 0.717) is 5.56 Å². The van der Waals surface area contributed by atoms with Crippen LogP contribution in [0.4, 0.5) is 0 Å². The molecule has 0 radical (unpaired) electrons. The third-order valence-electron chi connectivity index (χ3n) is 2.52. The topological polar surface area (TPSA) is 77.5 Å². The van der Waals surface area contributed by atoms with Gasteiger partial charge in [0.05, 0.1) is 12.9 Å². The molecule has 0 heterocycles. The van der Waals surface area contributed by atoms with Crippen LogP contribution in [-0.4, -0.2) is 38.8 Å². The molecule has 0 atom stereocenters. The SMILES string of the molecule is COC(=O)CS(=O)(=O)CCCC(=O)c1ccccc1. The van der Waals surface area contributed by atoms with Crippen LogP contribution in [0.5, 0.6) is 0 Å². The highest BCUT2D eigenvalue weighted by molar-refractivity contribution is 7.92. The molecule has 0 aromatic heterocycles. The lowest BCUT2D eigenvalue weighted by atomic mass is 10.1. The summed E-state index contributed by atoms with van der Waals surface area (Å²) >= 11 is 0. The van der Waals surface area contributed by atoms with Gasteiger partial charge in [-0.15, -0.1) is 0 Å². The normalized spacial score (nSPS) is 11.0. The van der Waals surface area contributed by atoms with E-state index in [1.165, 1.54) is 0 Å². The van der Waals surface area contributed by atoms with Crippen molar-refractivity contribution in [2.75, 3.05) is 18.6 Å². The van der Waals surface area contributed by atoms with E-state index >= 15 is 0 Å². The number of sulfone groups is 1. The third kappa shape index (κ3) is 5.65. The summed E-state index contributed by atoms with van der Waals surface area (Å²) in [4.78, 5) is 22.6. The minimum Gasteiger partial charge on any atom is -0.468 e. The Hall–Kier alpha value is -1.69. The average molecular weight is 284 g/mol. The first-order chi connectivity index (χ1) is 8.94. The number of ketones is 1. The predicted octanol–water partition coefficient (Wildman–Crippen LogP) is 1.24. The minimum absolute atomic E-state index is 0.103.